The van der Waals surface area contributed by atoms with Crippen LogP contribution >= 0.6 is 0 Å². The molecule has 0 saturated carbocycles. The molecule has 0 saturated heterocycles. The van der Waals surface area contributed by atoms with Gasteiger partial charge in [-0.25, -0.2) is 4.79 Å². The third kappa shape index (κ3) is 3.62. The van der Waals surface area contributed by atoms with Crippen LogP contribution in [0.1, 0.15) is 71.8 Å². The Hall–Kier alpha value is -2.56. The zero-order valence-corrected chi connectivity index (χ0v) is 13.7. The number of hydrogen-bond acceptors (Lipinski definition) is 3. The van der Waals surface area contributed by atoms with Gasteiger partial charge in [0.1, 0.15) is 0 Å². The molecule has 0 radical (unpaired) electrons. The molecule has 2 aromatic rings. The van der Waals surface area contributed by atoms with E-state index < -0.39 is 11.9 Å². The molecule has 122 valence electrons. The highest BCUT2D eigenvalue weighted by Crippen LogP contribution is 2.32. The van der Waals surface area contributed by atoms with Crippen LogP contribution in [0.3, 0.4) is 0 Å². The maximum Gasteiger partial charge on any atom is 0.371 e. The molecule has 1 amide bonds. The molecule has 1 heterocycles. The topological polar surface area (TPSA) is 79.5 Å². The van der Waals surface area contributed by atoms with Gasteiger partial charge in [0.25, 0.3) is 5.91 Å². The number of carbonyl (C=O) groups is 2. The number of hydrogen-bond donors (Lipinski definition) is 2. The highest BCUT2D eigenvalue weighted by Gasteiger charge is 2.19. The van der Waals surface area contributed by atoms with Crippen molar-refractivity contribution in [3.8, 4) is 0 Å². The standard InChI is InChI=1S/C18H21NO4/c1-10(2)12-6-5-7-13(11(3)4)16(12)19-17(20)14-8-9-15(23-14)18(21)22/h5-11H,1-4H3,(H,19,20)(H,21,22). The lowest BCUT2D eigenvalue weighted by molar-refractivity contribution is 0.0660. The van der Waals surface area contributed by atoms with E-state index in [0.717, 1.165) is 16.8 Å². The molecule has 5 nitrogen and oxygen atoms in total. The first kappa shape index (κ1) is 16.8. The maximum atomic E-state index is 12.4. The first-order chi connectivity index (χ1) is 10.8. The van der Waals surface area contributed by atoms with Crippen molar-refractivity contribution in [3.63, 3.8) is 0 Å². The van der Waals surface area contributed by atoms with Gasteiger partial charge >= 0.3 is 5.97 Å². The Morgan fingerprint density at radius 2 is 1.48 bits per heavy atom. The predicted molar refractivity (Wildman–Crippen MR) is 88.2 cm³/mol. The van der Waals surface area contributed by atoms with Gasteiger partial charge in [0, 0.05) is 5.69 Å². The van der Waals surface area contributed by atoms with Gasteiger partial charge in [-0.2, -0.15) is 0 Å². The second-order valence-corrected chi connectivity index (χ2v) is 6.04. The van der Waals surface area contributed by atoms with E-state index >= 15 is 0 Å². The summed E-state index contributed by atoms with van der Waals surface area (Å²) in [5.41, 5.74) is 2.85. The summed E-state index contributed by atoms with van der Waals surface area (Å²) >= 11 is 0. The number of nitrogens with one attached hydrogen (secondary N) is 1. The first-order valence-corrected chi connectivity index (χ1v) is 7.58. The quantitative estimate of drug-likeness (QED) is 0.852. The molecule has 0 spiro atoms. The number of carbonyl (C=O) groups excluding carboxylic acids is 1. The van der Waals surface area contributed by atoms with Crippen molar-refractivity contribution in [2.45, 2.75) is 39.5 Å². The fourth-order valence-electron chi connectivity index (χ4n) is 2.45. The molecule has 0 fully saturated rings. The van der Waals surface area contributed by atoms with E-state index in [1.807, 2.05) is 18.2 Å². The minimum absolute atomic E-state index is 0.0179. The Kier molecular flexibility index (Phi) is 4.89. The number of benzene rings is 1. The van der Waals surface area contributed by atoms with Crippen molar-refractivity contribution in [2.75, 3.05) is 5.32 Å². The lowest BCUT2D eigenvalue weighted by atomic mass is 9.92. The third-order valence-electron chi connectivity index (χ3n) is 3.65. The van der Waals surface area contributed by atoms with E-state index in [4.69, 9.17) is 9.52 Å². The summed E-state index contributed by atoms with van der Waals surface area (Å²) in [4.78, 5) is 23.3. The average molecular weight is 315 g/mol. The second-order valence-electron chi connectivity index (χ2n) is 6.04. The van der Waals surface area contributed by atoms with E-state index in [1.165, 1.54) is 12.1 Å². The highest BCUT2D eigenvalue weighted by molar-refractivity contribution is 6.04. The third-order valence-corrected chi connectivity index (χ3v) is 3.65. The van der Waals surface area contributed by atoms with Crippen LogP contribution in [0, 0.1) is 0 Å². The minimum atomic E-state index is -1.20. The second kappa shape index (κ2) is 6.69. The van der Waals surface area contributed by atoms with E-state index in [2.05, 4.69) is 33.0 Å². The number of aromatic carboxylic acids is 1. The van der Waals surface area contributed by atoms with Crippen LogP contribution in [-0.2, 0) is 0 Å². The Labute approximate surface area is 135 Å². The number of amides is 1. The minimum Gasteiger partial charge on any atom is -0.475 e. The molecular weight excluding hydrogens is 294 g/mol. The fourth-order valence-corrected chi connectivity index (χ4v) is 2.45. The number of furan rings is 1. The van der Waals surface area contributed by atoms with Crippen molar-refractivity contribution >= 4 is 17.6 Å². The Morgan fingerprint density at radius 3 is 1.91 bits per heavy atom. The van der Waals surface area contributed by atoms with Crippen molar-refractivity contribution < 1.29 is 19.1 Å². The van der Waals surface area contributed by atoms with E-state index in [1.54, 1.807) is 0 Å². The molecule has 2 rings (SSSR count). The van der Waals surface area contributed by atoms with Crippen LogP contribution in [0.25, 0.3) is 0 Å². The molecule has 0 bridgehead atoms. The van der Waals surface area contributed by atoms with Crippen LogP contribution in [0.5, 0.6) is 0 Å². The summed E-state index contributed by atoms with van der Waals surface area (Å²) in [7, 11) is 0. The fraction of sp³-hybridized carbons (Fsp3) is 0.333. The Bertz CT molecular complexity index is 702. The molecule has 0 aliphatic rings. The van der Waals surface area contributed by atoms with E-state index in [9.17, 15) is 9.59 Å². The summed E-state index contributed by atoms with van der Waals surface area (Å²) in [6.45, 7) is 8.24. The van der Waals surface area contributed by atoms with Gasteiger partial charge in [-0.15, -0.1) is 0 Å². The number of rotatable bonds is 5. The van der Waals surface area contributed by atoms with E-state index in [0.29, 0.717) is 0 Å². The van der Waals surface area contributed by atoms with Crippen molar-refractivity contribution in [1.29, 1.82) is 0 Å². The molecule has 0 aliphatic carbocycles. The molecule has 0 atom stereocenters. The van der Waals surface area contributed by atoms with E-state index in [-0.39, 0.29) is 23.4 Å². The van der Waals surface area contributed by atoms with Crippen LogP contribution in [-0.4, -0.2) is 17.0 Å². The molecule has 23 heavy (non-hydrogen) atoms. The largest absolute Gasteiger partial charge is 0.475 e. The number of carboxylic acid groups (broad SMARTS) is 1. The number of para-hydroxylation sites is 1. The molecule has 5 heteroatoms. The van der Waals surface area contributed by atoms with Crippen LogP contribution in [0.4, 0.5) is 5.69 Å². The van der Waals surface area contributed by atoms with Gasteiger partial charge in [-0.1, -0.05) is 45.9 Å². The van der Waals surface area contributed by atoms with Crippen LogP contribution in [0.2, 0.25) is 0 Å². The smallest absolute Gasteiger partial charge is 0.371 e. The molecule has 0 unspecified atom stereocenters. The molecule has 2 N–H and O–H groups in total. The molecular formula is C18H21NO4. The zero-order chi connectivity index (χ0) is 17.1. The highest BCUT2D eigenvalue weighted by atomic mass is 16.4. The Balaban J connectivity index is 2.37. The van der Waals surface area contributed by atoms with Gasteiger partial charge < -0.3 is 14.8 Å². The molecule has 1 aromatic heterocycles. The first-order valence-electron chi connectivity index (χ1n) is 7.58. The summed E-state index contributed by atoms with van der Waals surface area (Å²) in [6.07, 6.45) is 0. The summed E-state index contributed by atoms with van der Waals surface area (Å²) in [5, 5.41) is 11.8. The Morgan fingerprint density at radius 1 is 0.957 bits per heavy atom. The predicted octanol–water partition coefficient (Wildman–Crippen LogP) is 4.48. The summed E-state index contributed by atoms with van der Waals surface area (Å²) in [5.74, 6) is -1.43. The zero-order valence-electron chi connectivity index (χ0n) is 13.7. The van der Waals surface area contributed by atoms with Crippen LogP contribution < -0.4 is 5.32 Å². The van der Waals surface area contributed by atoms with Crippen molar-refractivity contribution in [3.05, 3.63) is 53.0 Å². The summed E-state index contributed by atoms with van der Waals surface area (Å²) in [6, 6.07) is 8.59. The van der Waals surface area contributed by atoms with Crippen molar-refractivity contribution in [2.24, 2.45) is 0 Å². The SMILES string of the molecule is CC(C)c1cccc(C(C)C)c1NC(=O)c1ccc(C(=O)O)o1. The van der Waals surface area contributed by atoms with Gasteiger partial charge in [-0.05, 0) is 35.1 Å². The average Bonchev–Trinajstić information content (AvgIpc) is 2.97. The van der Waals surface area contributed by atoms with Gasteiger partial charge in [-0.3, -0.25) is 4.79 Å². The number of anilines is 1. The van der Waals surface area contributed by atoms with Crippen LogP contribution in [0.15, 0.2) is 34.7 Å². The molecule has 1 aromatic carbocycles. The lowest BCUT2D eigenvalue weighted by Gasteiger charge is -2.19. The van der Waals surface area contributed by atoms with Gasteiger partial charge in [0.15, 0.2) is 5.76 Å². The lowest BCUT2D eigenvalue weighted by Crippen LogP contribution is -2.15. The normalized spacial score (nSPS) is 11.0. The summed E-state index contributed by atoms with van der Waals surface area (Å²) < 4.78 is 5.07. The molecule has 0 aliphatic heterocycles. The van der Waals surface area contributed by atoms with Gasteiger partial charge in [0.05, 0.1) is 0 Å². The van der Waals surface area contributed by atoms with Crippen molar-refractivity contribution in [1.82, 2.24) is 0 Å². The number of carboxylic acids is 1. The maximum absolute atomic E-state index is 12.4. The monoisotopic (exact) mass is 315 g/mol. The van der Waals surface area contributed by atoms with Gasteiger partial charge in [0.2, 0.25) is 5.76 Å².